The highest BCUT2D eigenvalue weighted by Gasteiger charge is 2.46. The van der Waals surface area contributed by atoms with E-state index in [9.17, 15) is 19.8 Å². The zero-order valence-electron chi connectivity index (χ0n) is 17.0. The number of aliphatic carboxylic acids is 1. The van der Waals surface area contributed by atoms with Crippen molar-refractivity contribution in [3.05, 3.63) is 41.4 Å². The van der Waals surface area contributed by atoms with Gasteiger partial charge in [0.15, 0.2) is 35.9 Å². The van der Waals surface area contributed by atoms with Crippen molar-refractivity contribution in [1.29, 1.82) is 0 Å². The Balaban J connectivity index is 1.58. The molecule has 1 aromatic carbocycles. The van der Waals surface area contributed by atoms with Crippen LogP contribution in [0.4, 0.5) is 5.82 Å². The van der Waals surface area contributed by atoms with E-state index < -0.39 is 36.4 Å². The first-order valence-electron chi connectivity index (χ1n) is 9.69. The lowest BCUT2D eigenvalue weighted by Crippen LogP contribution is -2.43. The van der Waals surface area contributed by atoms with Crippen molar-refractivity contribution in [3.63, 3.8) is 0 Å². The summed E-state index contributed by atoms with van der Waals surface area (Å²) >= 11 is 6.09. The molecule has 4 atom stereocenters. The molecule has 4 rings (SSSR count). The van der Waals surface area contributed by atoms with Gasteiger partial charge >= 0.3 is 5.97 Å². The molecule has 1 amide bonds. The third kappa shape index (κ3) is 4.52. The summed E-state index contributed by atoms with van der Waals surface area (Å²) in [5.74, 6) is -1.13. The molecule has 0 radical (unpaired) electrons. The average Bonchev–Trinajstić information content (AvgIpc) is 3.33. The van der Waals surface area contributed by atoms with Gasteiger partial charge in [-0.1, -0.05) is 11.6 Å². The molecular formula is C19H20ClN7O6. The van der Waals surface area contributed by atoms with Gasteiger partial charge in [0.25, 0.3) is 5.91 Å². The number of nitrogens with zero attached hydrogens (tertiary/aromatic N) is 4. The van der Waals surface area contributed by atoms with Crippen LogP contribution in [0.25, 0.3) is 11.2 Å². The second-order valence-electron chi connectivity index (χ2n) is 7.26. The molecule has 4 unspecified atom stereocenters. The molecule has 2 aromatic heterocycles. The van der Waals surface area contributed by atoms with E-state index in [0.717, 1.165) is 0 Å². The summed E-state index contributed by atoms with van der Waals surface area (Å²) in [7, 11) is 0. The molecule has 7 N–H and O–H groups in total. The Hall–Kier alpha value is -3.52. The van der Waals surface area contributed by atoms with Crippen LogP contribution in [0.2, 0.25) is 5.02 Å². The molecule has 1 fully saturated rings. The zero-order chi connectivity index (χ0) is 23.7. The average molecular weight is 478 g/mol. The van der Waals surface area contributed by atoms with Gasteiger partial charge in [0.05, 0.1) is 12.4 Å². The van der Waals surface area contributed by atoms with E-state index in [1.807, 2.05) is 0 Å². The Morgan fingerprint density at radius 3 is 2.79 bits per heavy atom. The van der Waals surface area contributed by atoms with E-state index in [1.54, 1.807) is 18.2 Å². The molecule has 174 valence electrons. The van der Waals surface area contributed by atoms with E-state index in [2.05, 4.69) is 20.3 Å². The predicted molar refractivity (Wildman–Crippen MR) is 114 cm³/mol. The molecule has 33 heavy (non-hydrogen) atoms. The molecule has 3 aromatic rings. The van der Waals surface area contributed by atoms with Gasteiger partial charge in [-0.25, -0.2) is 19.7 Å². The topological polar surface area (TPSA) is 201 Å². The summed E-state index contributed by atoms with van der Waals surface area (Å²) in [5, 5.41) is 23.2. The Morgan fingerprint density at radius 2 is 2.09 bits per heavy atom. The van der Waals surface area contributed by atoms with Crippen molar-refractivity contribution in [2.24, 2.45) is 11.5 Å². The number of ether oxygens (including phenoxy) is 2. The van der Waals surface area contributed by atoms with Gasteiger partial charge in [0, 0.05) is 17.1 Å². The quantitative estimate of drug-likeness (QED) is 0.283. The number of carbonyl (C=O) groups excluding carboxylic acids is 1. The summed E-state index contributed by atoms with van der Waals surface area (Å²) in [5.41, 5.74) is 12.2. The number of fused-ring (bicyclic) bond motifs is 1. The van der Waals surface area contributed by atoms with Crippen LogP contribution in [0, 0.1) is 0 Å². The molecule has 3 heterocycles. The highest BCUT2D eigenvalue weighted by atomic mass is 35.5. The van der Waals surface area contributed by atoms with Crippen molar-refractivity contribution in [2.75, 3.05) is 11.9 Å². The smallest absolute Gasteiger partial charge is 0.334 e. The lowest BCUT2D eigenvalue weighted by atomic mass is 10.1. The molecule has 0 aliphatic carbocycles. The molecular weight excluding hydrogens is 458 g/mol. The van der Waals surface area contributed by atoms with Gasteiger partial charge in [0.2, 0.25) is 0 Å². The lowest BCUT2D eigenvalue weighted by molar-refractivity contribution is -0.152. The van der Waals surface area contributed by atoms with E-state index in [1.165, 1.54) is 17.2 Å². The SMILES string of the molecule is NC(=O)COc1ccc(Cl)cc1CNc1ncnc2c1ncn2C1OC(C(=O)O)C(N)C1O. The van der Waals surface area contributed by atoms with Crippen molar-refractivity contribution >= 4 is 40.5 Å². The number of nitrogens with one attached hydrogen (secondary N) is 1. The summed E-state index contributed by atoms with van der Waals surface area (Å²) in [4.78, 5) is 35.0. The predicted octanol–water partition coefficient (Wildman–Crippen LogP) is -0.374. The molecule has 1 saturated heterocycles. The maximum absolute atomic E-state index is 11.3. The number of carboxylic acid groups (broad SMARTS) is 1. The van der Waals surface area contributed by atoms with E-state index in [4.69, 9.17) is 32.5 Å². The molecule has 13 nitrogen and oxygen atoms in total. The number of nitrogens with two attached hydrogens (primary N) is 2. The molecule has 14 heteroatoms. The lowest BCUT2D eigenvalue weighted by Gasteiger charge is -2.16. The van der Waals surface area contributed by atoms with Crippen LogP contribution in [0.5, 0.6) is 5.75 Å². The highest BCUT2D eigenvalue weighted by molar-refractivity contribution is 6.30. The second kappa shape index (κ2) is 9.15. The van der Waals surface area contributed by atoms with Gasteiger partial charge in [-0.3, -0.25) is 9.36 Å². The Morgan fingerprint density at radius 1 is 1.30 bits per heavy atom. The number of rotatable bonds is 8. The first-order valence-corrected chi connectivity index (χ1v) is 10.1. The summed E-state index contributed by atoms with van der Waals surface area (Å²) in [6.07, 6.45) is -1.11. The maximum atomic E-state index is 11.3. The minimum absolute atomic E-state index is 0.210. The Bertz CT molecular complexity index is 1200. The molecule has 1 aliphatic rings. The Kier molecular flexibility index (Phi) is 6.29. The minimum atomic E-state index is -1.37. The maximum Gasteiger partial charge on any atom is 0.334 e. The van der Waals surface area contributed by atoms with Crippen LogP contribution < -0.4 is 21.5 Å². The van der Waals surface area contributed by atoms with Crippen LogP contribution in [0.15, 0.2) is 30.9 Å². The summed E-state index contributed by atoms with van der Waals surface area (Å²) < 4.78 is 12.3. The van der Waals surface area contributed by atoms with E-state index >= 15 is 0 Å². The number of amides is 1. The van der Waals surface area contributed by atoms with Crippen LogP contribution in [0.3, 0.4) is 0 Å². The third-order valence-electron chi connectivity index (χ3n) is 5.04. The molecule has 0 saturated carbocycles. The second-order valence-corrected chi connectivity index (χ2v) is 7.70. The highest BCUT2D eigenvalue weighted by Crippen LogP contribution is 2.32. The van der Waals surface area contributed by atoms with E-state index in [0.29, 0.717) is 33.3 Å². The molecule has 0 bridgehead atoms. The van der Waals surface area contributed by atoms with Crippen LogP contribution in [-0.4, -0.2) is 66.5 Å². The fourth-order valence-corrected chi connectivity index (χ4v) is 3.66. The number of aliphatic hydroxyl groups excluding tert-OH is 1. The van der Waals surface area contributed by atoms with Gasteiger partial charge in [-0.2, -0.15) is 0 Å². The number of aromatic nitrogens is 4. The van der Waals surface area contributed by atoms with E-state index in [-0.39, 0.29) is 13.2 Å². The number of imidazole rings is 1. The summed E-state index contributed by atoms with van der Waals surface area (Å²) in [6, 6.07) is 3.78. The van der Waals surface area contributed by atoms with Crippen molar-refractivity contribution in [1.82, 2.24) is 19.5 Å². The van der Waals surface area contributed by atoms with Crippen LogP contribution in [-0.2, 0) is 20.9 Å². The number of primary amides is 1. The largest absolute Gasteiger partial charge is 0.483 e. The normalized spacial score (nSPS) is 22.4. The van der Waals surface area contributed by atoms with Crippen molar-refractivity contribution in [2.45, 2.75) is 31.0 Å². The number of hydrogen-bond donors (Lipinski definition) is 5. The number of hydrogen-bond acceptors (Lipinski definition) is 10. The van der Waals surface area contributed by atoms with Crippen molar-refractivity contribution in [3.8, 4) is 5.75 Å². The fraction of sp³-hybridized carbons (Fsp3) is 0.316. The van der Waals surface area contributed by atoms with Crippen molar-refractivity contribution < 1.29 is 29.3 Å². The molecule has 0 spiro atoms. The van der Waals surface area contributed by atoms with Gasteiger partial charge in [-0.15, -0.1) is 0 Å². The number of aliphatic hydroxyl groups is 1. The first kappa shape index (κ1) is 22.7. The molecule has 1 aliphatic heterocycles. The van der Waals surface area contributed by atoms with Gasteiger partial charge in [-0.05, 0) is 18.2 Å². The van der Waals surface area contributed by atoms with Crippen LogP contribution in [0.1, 0.15) is 11.8 Å². The fourth-order valence-electron chi connectivity index (χ4n) is 3.47. The van der Waals surface area contributed by atoms with Gasteiger partial charge in [0.1, 0.15) is 18.2 Å². The summed E-state index contributed by atoms with van der Waals surface area (Å²) in [6.45, 7) is -0.0812. The number of benzene rings is 1. The number of anilines is 1. The minimum Gasteiger partial charge on any atom is -0.483 e. The Labute approximate surface area is 191 Å². The monoisotopic (exact) mass is 477 g/mol. The van der Waals surface area contributed by atoms with Gasteiger partial charge < -0.3 is 36.5 Å². The first-order chi connectivity index (χ1) is 15.8. The third-order valence-corrected chi connectivity index (χ3v) is 5.27. The number of carbonyl (C=O) groups is 2. The number of halogens is 1. The number of carboxylic acids is 1. The van der Waals surface area contributed by atoms with Crippen LogP contribution >= 0.6 is 11.6 Å². The standard InChI is InChI=1S/C19H20ClN7O6/c20-9-1-2-10(32-5-11(21)28)8(3-9)4-23-16-13-17(25-6-24-16)27(7-26-13)18-14(29)12(22)15(33-18)19(30)31/h1-3,6-7,12,14-15,18,29H,4-5,22H2,(H2,21,28)(H,30,31)(H,23,24,25). The zero-order valence-corrected chi connectivity index (χ0v) is 17.7.